The zero-order valence-corrected chi connectivity index (χ0v) is 18.3. The standard InChI is InChI=1S/C20H36N4O6/c1-11(2)8-14(17(26)23-15(20(29)30)9-12(3)4)22-18(27)16-6-5-7-24(16)19(28)13(21)10-25/h11-16,25H,5-10,21H2,1-4H3,(H,22,27)(H,23,26)(H,29,30). The maximum Gasteiger partial charge on any atom is 0.326 e. The smallest absolute Gasteiger partial charge is 0.326 e. The number of amides is 3. The fourth-order valence-electron chi connectivity index (χ4n) is 3.53. The van der Waals surface area contributed by atoms with E-state index in [1.54, 1.807) is 0 Å². The number of nitrogens with zero attached hydrogens (tertiary/aromatic N) is 1. The van der Waals surface area contributed by atoms with Gasteiger partial charge < -0.3 is 31.5 Å². The summed E-state index contributed by atoms with van der Waals surface area (Å²) in [5, 5.41) is 23.7. The van der Waals surface area contributed by atoms with Crippen LogP contribution in [-0.2, 0) is 19.2 Å². The van der Waals surface area contributed by atoms with E-state index in [2.05, 4.69) is 10.6 Å². The molecule has 172 valence electrons. The molecule has 0 aromatic rings. The van der Waals surface area contributed by atoms with Crippen molar-refractivity contribution >= 4 is 23.7 Å². The molecule has 6 N–H and O–H groups in total. The number of carboxylic acids is 1. The first-order valence-electron chi connectivity index (χ1n) is 10.5. The van der Waals surface area contributed by atoms with Crippen LogP contribution in [0.3, 0.4) is 0 Å². The lowest BCUT2D eigenvalue weighted by Crippen LogP contribution is -2.57. The maximum atomic E-state index is 12.9. The summed E-state index contributed by atoms with van der Waals surface area (Å²) < 4.78 is 0. The van der Waals surface area contributed by atoms with E-state index in [4.69, 9.17) is 10.8 Å². The van der Waals surface area contributed by atoms with Gasteiger partial charge in [0.25, 0.3) is 0 Å². The minimum Gasteiger partial charge on any atom is -0.480 e. The van der Waals surface area contributed by atoms with E-state index >= 15 is 0 Å². The van der Waals surface area contributed by atoms with Crippen molar-refractivity contribution in [2.75, 3.05) is 13.2 Å². The van der Waals surface area contributed by atoms with Crippen LogP contribution < -0.4 is 16.4 Å². The van der Waals surface area contributed by atoms with Gasteiger partial charge in [-0.15, -0.1) is 0 Å². The molecule has 1 aliphatic rings. The average Bonchev–Trinajstić information content (AvgIpc) is 3.14. The highest BCUT2D eigenvalue weighted by atomic mass is 16.4. The van der Waals surface area contributed by atoms with Crippen molar-refractivity contribution in [2.45, 2.75) is 77.5 Å². The van der Waals surface area contributed by atoms with E-state index < -0.39 is 54.5 Å². The van der Waals surface area contributed by atoms with Crippen LogP contribution in [0.2, 0.25) is 0 Å². The monoisotopic (exact) mass is 428 g/mol. The Bertz CT molecular complexity index is 624. The average molecular weight is 429 g/mol. The molecule has 0 aromatic heterocycles. The van der Waals surface area contributed by atoms with Crippen LogP contribution in [0.15, 0.2) is 0 Å². The van der Waals surface area contributed by atoms with Crippen molar-refractivity contribution < 1.29 is 29.4 Å². The summed E-state index contributed by atoms with van der Waals surface area (Å²) in [6.07, 6.45) is 1.63. The molecule has 0 spiro atoms. The van der Waals surface area contributed by atoms with Crippen LogP contribution in [0.5, 0.6) is 0 Å². The van der Waals surface area contributed by atoms with Gasteiger partial charge in [0, 0.05) is 6.54 Å². The molecule has 0 aromatic carbocycles. The summed E-state index contributed by atoms with van der Waals surface area (Å²) >= 11 is 0. The molecular weight excluding hydrogens is 392 g/mol. The molecule has 0 bridgehead atoms. The lowest BCUT2D eigenvalue weighted by atomic mass is 10.00. The number of aliphatic hydroxyl groups is 1. The highest BCUT2D eigenvalue weighted by Gasteiger charge is 2.38. The van der Waals surface area contributed by atoms with Crippen LogP contribution in [0.4, 0.5) is 0 Å². The second kappa shape index (κ2) is 11.8. The summed E-state index contributed by atoms with van der Waals surface area (Å²) in [5.41, 5.74) is 5.60. The number of hydrogen-bond donors (Lipinski definition) is 5. The van der Waals surface area contributed by atoms with Gasteiger partial charge in [-0.3, -0.25) is 14.4 Å². The summed E-state index contributed by atoms with van der Waals surface area (Å²) in [5.74, 6) is -2.55. The molecule has 0 aliphatic carbocycles. The Hall–Kier alpha value is -2.20. The van der Waals surface area contributed by atoms with Crippen LogP contribution >= 0.6 is 0 Å². The molecule has 3 amide bonds. The Morgan fingerprint density at radius 2 is 1.60 bits per heavy atom. The largest absolute Gasteiger partial charge is 0.480 e. The van der Waals surface area contributed by atoms with Gasteiger partial charge in [0.2, 0.25) is 17.7 Å². The quantitative estimate of drug-likeness (QED) is 0.295. The predicted molar refractivity (Wildman–Crippen MR) is 110 cm³/mol. The second-order valence-electron chi connectivity index (χ2n) is 8.70. The molecule has 30 heavy (non-hydrogen) atoms. The van der Waals surface area contributed by atoms with Gasteiger partial charge in [0.05, 0.1) is 6.61 Å². The fourth-order valence-corrected chi connectivity index (χ4v) is 3.53. The van der Waals surface area contributed by atoms with Crippen molar-refractivity contribution in [1.82, 2.24) is 15.5 Å². The van der Waals surface area contributed by atoms with Crippen LogP contribution in [-0.4, -0.2) is 76.1 Å². The first-order chi connectivity index (χ1) is 14.0. The SMILES string of the molecule is CC(C)CC(NC(=O)C(CC(C)C)NC(=O)C1CCCN1C(=O)C(N)CO)C(=O)O. The van der Waals surface area contributed by atoms with E-state index in [1.807, 2.05) is 27.7 Å². The Labute approximate surface area is 177 Å². The lowest BCUT2D eigenvalue weighted by molar-refractivity contribution is -0.143. The van der Waals surface area contributed by atoms with Gasteiger partial charge in [-0.05, 0) is 37.5 Å². The molecule has 1 heterocycles. The van der Waals surface area contributed by atoms with Crippen molar-refractivity contribution in [1.29, 1.82) is 0 Å². The zero-order chi connectivity index (χ0) is 23.0. The van der Waals surface area contributed by atoms with Gasteiger partial charge in [-0.25, -0.2) is 4.79 Å². The number of carbonyl (C=O) groups is 4. The van der Waals surface area contributed by atoms with Gasteiger partial charge in [-0.1, -0.05) is 27.7 Å². The minimum absolute atomic E-state index is 0.0679. The summed E-state index contributed by atoms with van der Waals surface area (Å²) in [7, 11) is 0. The van der Waals surface area contributed by atoms with E-state index in [0.717, 1.165) is 0 Å². The molecule has 0 saturated carbocycles. The highest BCUT2D eigenvalue weighted by molar-refractivity contribution is 5.94. The van der Waals surface area contributed by atoms with Gasteiger partial charge in [0.15, 0.2) is 0 Å². The van der Waals surface area contributed by atoms with Crippen molar-refractivity contribution in [2.24, 2.45) is 17.6 Å². The molecule has 1 rings (SSSR count). The van der Waals surface area contributed by atoms with Crippen molar-refractivity contribution in [3.63, 3.8) is 0 Å². The summed E-state index contributed by atoms with van der Waals surface area (Å²) in [6, 6.07) is -3.84. The summed E-state index contributed by atoms with van der Waals surface area (Å²) in [6.45, 7) is 7.33. The van der Waals surface area contributed by atoms with Gasteiger partial charge in [-0.2, -0.15) is 0 Å². The molecule has 10 heteroatoms. The van der Waals surface area contributed by atoms with Crippen LogP contribution in [0, 0.1) is 11.8 Å². The minimum atomic E-state index is -1.13. The van der Waals surface area contributed by atoms with Gasteiger partial charge >= 0.3 is 5.97 Å². The Morgan fingerprint density at radius 3 is 2.10 bits per heavy atom. The molecule has 10 nitrogen and oxygen atoms in total. The third-order valence-corrected chi connectivity index (χ3v) is 5.01. The Balaban J connectivity index is 2.90. The van der Waals surface area contributed by atoms with Crippen LogP contribution in [0.1, 0.15) is 53.4 Å². The highest BCUT2D eigenvalue weighted by Crippen LogP contribution is 2.19. The van der Waals surface area contributed by atoms with E-state index in [1.165, 1.54) is 4.90 Å². The third-order valence-electron chi connectivity index (χ3n) is 5.01. The maximum absolute atomic E-state index is 12.9. The Kier molecular flexibility index (Phi) is 10.2. The van der Waals surface area contributed by atoms with E-state index in [0.29, 0.717) is 25.8 Å². The zero-order valence-electron chi connectivity index (χ0n) is 18.3. The topological polar surface area (TPSA) is 162 Å². The van der Waals surface area contributed by atoms with E-state index in [-0.39, 0.29) is 18.3 Å². The number of rotatable bonds is 11. The number of nitrogens with two attached hydrogens (primary N) is 1. The predicted octanol–water partition coefficient (Wildman–Crippen LogP) is -0.557. The molecule has 1 aliphatic heterocycles. The number of nitrogens with one attached hydrogen (secondary N) is 2. The first-order valence-corrected chi connectivity index (χ1v) is 10.5. The molecular formula is C20H36N4O6. The van der Waals surface area contributed by atoms with Gasteiger partial charge in [0.1, 0.15) is 24.2 Å². The number of likely N-dealkylation sites (tertiary alicyclic amines) is 1. The van der Waals surface area contributed by atoms with Crippen molar-refractivity contribution in [3.05, 3.63) is 0 Å². The molecule has 1 saturated heterocycles. The third kappa shape index (κ3) is 7.56. The van der Waals surface area contributed by atoms with Crippen LogP contribution in [0.25, 0.3) is 0 Å². The molecule has 0 radical (unpaired) electrons. The molecule has 1 fully saturated rings. The number of hydrogen-bond acceptors (Lipinski definition) is 6. The molecule has 4 atom stereocenters. The fraction of sp³-hybridized carbons (Fsp3) is 0.800. The number of aliphatic hydroxyl groups excluding tert-OH is 1. The second-order valence-corrected chi connectivity index (χ2v) is 8.70. The Morgan fingerprint density at radius 1 is 1.03 bits per heavy atom. The summed E-state index contributed by atoms with van der Waals surface area (Å²) in [4.78, 5) is 50.8. The normalized spacial score (nSPS) is 19.5. The number of carboxylic acid groups (broad SMARTS) is 1. The first kappa shape index (κ1) is 25.8. The lowest BCUT2D eigenvalue weighted by Gasteiger charge is -2.29. The van der Waals surface area contributed by atoms with Crippen molar-refractivity contribution in [3.8, 4) is 0 Å². The van der Waals surface area contributed by atoms with E-state index in [9.17, 15) is 24.3 Å². The molecule has 4 unspecified atom stereocenters. The number of aliphatic carboxylic acids is 1. The number of carbonyl (C=O) groups excluding carboxylic acids is 3.